The number of anilines is 2. The topological polar surface area (TPSA) is 101 Å². The fourth-order valence-corrected chi connectivity index (χ4v) is 4.26. The third kappa shape index (κ3) is 3.60. The van der Waals surface area contributed by atoms with Crippen molar-refractivity contribution in [3.05, 3.63) is 22.0 Å². The number of hydrogen-bond donors (Lipinski definition) is 1. The van der Waals surface area contributed by atoms with Gasteiger partial charge in [0.2, 0.25) is 16.1 Å². The summed E-state index contributed by atoms with van der Waals surface area (Å²) in [5, 5.41) is 6.09. The summed E-state index contributed by atoms with van der Waals surface area (Å²) in [6.45, 7) is 1.47. The highest BCUT2D eigenvalue weighted by Gasteiger charge is 2.37. The molecule has 150 valence electrons. The van der Waals surface area contributed by atoms with Gasteiger partial charge in [0.25, 0.3) is 5.91 Å². The zero-order valence-electron chi connectivity index (χ0n) is 14.9. The zero-order chi connectivity index (χ0) is 19.9. The van der Waals surface area contributed by atoms with Crippen molar-refractivity contribution >= 4 is 28.3 Å². The summed E-state index contributed by atoms with van der Waals surface area (Å²) < 4.78 is 38.1. The molecule has 1 amide bonds. The number of nitrogen functional groups attached to an aromatic ring is 1. The lowest BCUT2D eigenvalue weighted by atomic mass is 9.94. The van der Waals surface area contributed by atoms with Crippen LogP contribution in [0.4, 0.5) is 24.3 Å². The number of rotatable bonds is 2. The normalized spacial score (nSPS) is 17.5. The minimum atomic E-state index is -4.50. The first kappa shape index (κ1) is 18.8. The highest BCUT2D eigenvalue weighted by Crippen LogP contribution is 2.34. The smallest absolute Gasteiger partial charge is 0.368 e. The molecule has 2 aromatic heterocycles. The maximum atomic E-state index is 13.0. The lowest BCUT2D eigenvalue weighted by Gasteiger charge is -2.34. The number of aromatic nitrogens is 4. The summed E-state index contributed by atoms with van der Waals surface area (Å²) >= 11 is 0.511. The lowest BCUT2D eigenvalue weighted by Crippen LogP contribution is -2.49. The van der Waals surface area contributed by atoms with E-state index in [1.807, 2.05) is 0 Å². The van der Waals surface area contributed by atoms with Crippen molar-refractivity contribution in [3.8, 4) is 0 Å². The van der Waals surface area contributed by atoms with Crippen LogP contribution < -0.4 is 10.6 Å². The number of alkyl halides is 3. The molecule has 28 heavy (non-hydrogen) atoms. The Morgan fingerprint density at radius 2 is 1.75 bits per heavy atom. The van der Waals surface area contributed by atoms with Gasteiger partial charge in [-0.2, -0.15) is 13.2 Å². The SMILES string of the molecule is Nc1nc2c(c(C(=O)N3CCN(c4nnc(C(F)(F)F)s4)CC3)n1)CCCC2. The van der Waals surface area contributed by atoms with Crippen LogP contribution in [0.3, 0.4) is 0 Å². The van der Waals surface area contributed by atoms with E-state index in [-0.39, 0.29) is 17.0 Å². The molecule has 8 nitrogen and oxygen atoms in total. The monoisotopic (exact) mass is 413 g/mol. The average Bonchev–Trinajstić information content (AvgIpc) is 3.17. The minimum absolute atomic E-state index is 0.0937. The molecule has 12 heteroatoms. The molecule has 0 saturated carbocycles. The van der Waals surface area contributed by atoms with Crippen molar-refractivity contribution in [2.75, 3.05) is 36.8 Å². The molecule has 0 spiro atoms. The second kappa shape index (κ2) is 7.15. The van der Waals surface area contributed by atoms with Crippen molar-refractivity contribution in [2.45, 2.75) is 31.9 Å². The summed E-state index contributed by atoms with van der Waals surface area (Å²) in [5.41, 5.74) is 7.84. The second-order valence-electron chi connectivity index (χ2n) is 6.73. The van der Waals surface area contributed by atoms with Gasteiger partial charge in [-0.05, 0) is 25.7 Å². The van der Waals surface area contributed by atoms with E-state index in [4.69, 9.17) is 5.73 Å². The van der Waals surface area contributed by atoms with Gasteiger partial charge in [-0.15, -0.1) is 10.2 Å². The van der Waals surface area contributed by atoms with Gasteiger partial charge >= 0.3 is 6.18 Å². The maximum absolute atomic E-state index is 13.0. The first-order valence-corrected chi connectivity index (χ1v) is 9.75. The van der Waals surface area contributed by atoms with E-state index in [2.05, 4.69) is 20.2 Å². The number of nitrogens with two attached hydrogens (primary N) is 1. The van der Waals surface area contributed by atoms with Gasteiger partial charge < -0.3 is 15.5 Å². The Balaban J connectivity index is 1.46. The number of aryl methyl sites for hydroxylation is 1. The molecule has 3 heterocycles. The molecular formula is C16H18F3N7OS. The van der Waals surface area contributed by atoms with Crippen LogP contribution in [-0.4, -0.2) is 57.2 Å². The predicted octanol–water partition coefficient (Wildman–Crippen LogP) is 1.77. The van der Waals surface area contributed by atoms with E-state index in [0.29, 0.717) is 43.2 Å². The van der Waals surface area contributed by atoms with Gasteiger partial charge in [-0.3, -0.25) is 4.79 Å². The number of amides is 1. The molecule has 0 radical (unpaired) electrons. The number of halogens is 3. The quantitative estimate of drug-likeness (QED) is 0.801. The summed E-state index contributed by atoms with van der Waals surface area (Å²) in [7, 11) is 0. The summed E-state index contributed by atoms with van der Waals surface area (Å²) in [6, 6.07) is 0. The number of carbonyl (C=O) groups is 1. The van der Waals surface area contributed by atoms with Crippen LogP contribution >= 0.6 is 11.3 Å². The molecule has 2 N–H and O–H groups in total. The summed E-state index contributed by atoms with van der Waals surface area (Å²) in [4.78, 5) is 24.8. The zero-order valence-corrected chi connectivity index (χ0v) is 15.7. The molecule has 4 rings (SSSR count). The molecule has 1 aliphatic carbocycles. The predicted molar refractivity (Wildman–Crippen MR) is 96.1 cm³/mol. The van der Waals surface area contributed by atoms with Gasteiger partial charge in [0.15, 0.2) is 0 Å². The second-order valence-corrected chi connectivity index (χ2v) is 7.69. The van der Waals surface area contributed by atoms with E-state index in [1.165, 1.54) is 0 Å². The first-order valence-electron chi connectivity index (χ1n) is 8.93. The molecule has 1 saturated heterocycles. The number of nitrogens with zero attached hydrogens (tertiary/aromatic N) is 6. The molecule has 2 aromatic rings. The molecule has 0 unspecified atom stereocenters. The molecule has 1 aliphatic heterocycles. The van der Waals surface area contributed by atoms with Gasteiger partial charge in [-0.25, -0.2) is 9.97 Å². The Morgan fingerprint density at radius 3 is 2.43 bits per heavy atom. The standard InChI is InChI=1S/C16H18F3N7OS/c17-16(18,19)13-23-24-15(28-13)26-7-5-25(6-8-26)12(27)11-9-3-1-2-4-10(9)21-14(20)22-11/h1-8H2,(H2,20,21,22). The van der Waals surface area contributed by atoms with Crippen molar-refractivity contribution < 1.29 is 18.0 Å². The first-order chi connectivity index (χ1) is 13.3. The van der Waals surface area contributed by atoms with Crippen molar-refractivity contribution in [1.29, 1.82) is 0 Å². The van der Waals surface area contributed by atoms with Crippen LogP contribution in [-0.2, 0) is 19.0 Å². The Labute approximate surface area is 162 Å². The third-order valence-electron chi connectivity index (χ3n) is 4.90. The summed E-state index contributed by atoms with van der Waals surface area (Å²) in [5.74, 6) is -0.115. The van der Waals surface area contributed by atoms with Crippen molar-refractivity contribution in [3.63, 3.8) is 0 Å². The highest BCUT2D eigenvalue weighted by molar-refractivity contribution is 7.15. The van der Waals surface area contributed by atoms with Gasteiger partial charge in [0, 0.05) is 37.4 Å². The fraction of sp³-hybridized carbons (Fsp3) is 0.562. The van der Waals surface area contributed by atoms with E-state index in [9.17, 15) is 18.0 Å². The number of piperazine rings is 1. The van der Waals surface area contributed by atoms with Crippen LogP contribution in [0, 0.1) is 0 Å². The van der Waals surface area contributed by atoms with Crippen LogP contribution in [0.2, 0.25) is 0 Å². The van der Waals surface area contributed by atoms with E-state index < -0.39 is 11.2 Å². The Hall–Kier alpha value is -2.50. The summed E-state index contributed by atoms with van der Waals surface area (Å²) in [6.07, 6.45) is -0.972. The van der Waals surface area contributed by atoms with Crippen LogP contribution in [0.25, 0.3) is 0 Å². The molecule has 1 fully saturated rings. The molecular weight excluding hydrogens is 395 g/mol. The largest absolute Gasteiger partial charge is 0.445 e. The molecule has 0 bridgehead atoms. The van der Waals surface area contributed by atoms with E-state index in [0.717, 1.165) is 36.9 Å². The van der Waals surface area contributed by atoms with E-state index in [1.54, 1.807) is 9.80 Å². The van der Waals surface area contributed by atoms with Crippen LogP contribution in [0.5, 0.6) is 0 Å². The van der Waals surface area contributed by atoms with Crippen LogP contribution in [0.1, 0.15) is 39.6 Å². The Morgan fingerprint density at radius 1 is 1.04 bits per heavy atom. The van der Waals surface area contributed by atoms with Crippen molar-refractivity contribution in [1.82, 2.24) is 25.1 Å². The molecule has 2 aliphatic rings. The lowest BCUT2D eigenvalue weighted by molar-refractivity contribution is -0.138. The van der Waals surface area contributed by atoms with Crippen molar-refractivity contribution in [2.24, 2.45) is 0 Å². The highest BCUT2D eigenvalue weighted by atomic mass is 32.1. The average molecular weight is 413 g/mol. The van der Waals surface area contributed by atoms with E-state index >= 15 is 0 Å². The van der Waals surface area contributed by atoms with Crippen LogP contribution in [0.15, 0.2) is 0 Å². The number of fused-ring (bicyclic) bond motifs is 1. The molecule has 0 aromatic carbocycles. The number of carbonyl (C=O) groups excluding carboxylic acids is 1. The minimum Gasteiger partial charge on any atom is -0.368 e. The Bertz CT molecular complexity index is 893. The van der Waals surface area contributed by atoms with Gasteiger partial charge in [0.05, 0.1) is 0 Å². The number of hydrogen-bond acceptors (Lipinski definition) is 8. The Kier molecular flexibility index (Phi) is 4.81. The maximum Gasteiger partial charge on any atom is 0.445 e. The van der Waals surface area contributed by atoms with Gasteiger partial charge in [-0.1, -0.05) is 11.3 Å². The third-order valence-corrected chi connectivity index (χ3v) is 5.93. The fourth-order valence-electron chi connectivity index (χ4n) is 3.50. The van der Waals surface area contributed by atoms with Gasteiger partial charge in [0.1, 0.15) is 5.69 Å². The molecule has 0 atom stereocenters.